The van der Waals surface area contributed by atoms with Gasteiger partial charge in [-0.3, -0.25) is 0 Å². The normalized spacial score (nSPS) is 11.0. The second-order valence-electron chi connectivity index (χ2n) is 4.79. The molecule has 0 radical (unpaired) electrons. The lowest BCUT2D eigenvalue weighted by Gasteiger charge is -2.19. The molecule has 1 rings (SSSR count). The Balaban J connectivity index is 3.09. The summed E-state index contributed by atoms with van der Waals surface area (Å²) in [5, 5.41) is 2.48. The Hall–Kier alpha value is -1.89. The second-order valence-corrected chi connectivity index (χ2v) is 7.03. The summed E-state index contributed by atoms with van der Waals surface area (Å²) in [4.78, 5) is 13.1. The van der Waals surface area contributed by atoms with Crippen LogP contribution in [-0.2, 0) is 9.84 Å². The molecular formula is C14H19FN2O3S. The summed E-state index contributed by atoms with van der Waals surface area (Å²) in [6.07, 6.45) is 0. The van der Waals surface area contributed by atoms with Crippen LogP contribution in [0.2, 0.25) is 0 Å². The van der Waals surface area contributed by atoms with Crippen LogP contribution >= 0.6 is 0 Å². The minimum absolute atomic E-state index is 0.0665. The first-order valence-electron chi connectivity index (χ1n) is 6.36. The van der Waals surface area contributed by atoms with E-state index < -0.39 is 21.7 Å². The summed E-state index contributed by atoms with van der Waals surface area (Å²) in [5.74, 6) is -0.851. The lowest BCUT2D eigenvalue weighted by molar-refractivity contribution is 0.226. The van der Waals surface area contributed by atoms with Gasteiger partial charge in [0.2, 0.25) is 0 Å². The number of halogens is 1. The van der Waals surface area contributed by atoms with E-state index in [1.54, 1.807) is 14.0 Å². The highest BCUT2D eigenvalue weighted by Gasteiger charge is 2.20. The number of urea groups is 1. The highest BCUT2D eigenvalue weighted by Crippen LogP contribution is 2.24. The van der Waals surface area contributed by atoms with Crippen LogP contribution in [0.25, 0.3) is 0 Å². The Morgan fingerprint density at radius 1 is 1.43 bits per heavy atom. The molecule has 0 bridgehead atoms. The molecule has 0 atom stereocenters. The number of amides is 2. The number of carbonyl (C=O) groups excluding carboxylic acids is 1. The van der Waals surface area contributed by atoms with Crippen molar-refractivity contribution in [1.29, 1.82) is 0 Å². The molecule has 0 spiro atoms. The molecule has 5 nitrogen and oxygen atoms in total. The first-order chi connectivity index (χ1) is 9.67. The van der Waals surface area contributed by atoms with Crippen LogP contribution in [-0.4, -0.2) is 38.7 Å². The van der Waals surface area contributed by atoms with Gasteiger partial charge in [-0.15, -0.1) is 0 Å². The zero-order chi connectivity index (χ0) is 16.2. The average Bonchev–Trinajstić information content (AvgIpc) is 2.39. The third-order valence-corrected chi connectivity index (χ3v) is 4.52. The Morgan fingerprint density at radius 3 is 2.57 bits per heavy atom. The molecule has 0 saturated carbocycles. The van der Waals surface area contributed by atoms with Crippen molar-refractivity contribution in [1.82, 2.24) is 4.90 Å². The third kappa shape index (κ3) is 4.56. The number of anilines is 1. The van der Waals surface area contributed by atoms with Gasteiger partial charge in [0.05, 0.1) is 16.3 Å². The molecule has 1 aromatic rings. The van der Waals surface area contributed by atoms with E-state index in [1.807, 2.05) is 0 Å². The molecule has 7 heteroatoms. The number of nitrogens with one attached hydrogen (secondary N) is 1. The minimum atomic E-state index is -3.64. The molecule has 0 saturated heterocycles. The van der Waals surface area contributed by atoms with E-state index in [1.165, 1.54) is 17.9 Å². The molecule has 0 fully saturated rings. The van der Waals surface area contributed by atoms with Crippen LogP contribution in [0.15, 0.2) is 35.2 Å². The van der Waals surface area contributed by atoms with Crippen molar-refractivity contribution in [3.63, 3.8) is 0 Å². The molecule has 0 aliphatic rings. The molecule has 1 aromatic carbocycles. The van der Waals surface area contributed by atoms with Crippen molar-refractivity contribution in [2.45, 2.75) is 18.7 Å². The zero-order valence-electron chi connectivity index (χ0n) is 12.3. The molecule has 116 valence electrons. The summed E-state index contributed by atoms with van der Waals surface area (Å²) in [7, 11) is -2.08. The van der Waals surface area contributed by atoms with Gasteiger partial charge < -0.3 is 10.2 Å². The van der Waals surface area contributed by atoms with E-state index >= 15 is 0 Å². The van der Waals surface area contributed by atoms with Gasteiger partial charge in [0.25, 0.3) is 0 Å². The third-order valence-electron chi connectivity index (χ3n) is 2.75. The van der Waals surface area contributed by atoms with Crippen molar-refractivity contribution in [3.05, 3.63) is 36.2 Å². The molecule has 1 N–H and O–H groups in total. The van der Waals surface area contributed by atoms with Gasteiger partial charge in [-0.25, -0.2) is 17.6 Å². The lowest BCUT2D eigenvalue weighted by Crippen LogP contribution is -2.33. The van der Waals surface area contributed by atoms with Crippen molar-refractivity contribution >= 4 is 21.6 Å². The van der Waals surface area contributed by atoms with Gasteiger partial charge >= 0.3 is 6.03 Å². The maximum absolute atomic E-state index is 13.3. The number of hydrogen-bond donors (Lipinski definition) is 1. The van der Waals surface area contributed by atoms with Crippen LogP contribution < -0.4 is 5.32 Å². The van der Waals surface area contributed by atoms with Crippen molar-refractivity contribution in [2.75, 3.05) is 24.7 Å². The van der Waals surface area contributed by atoms with Gasteiger partial charge in [0.1, 0.15) is 5.82 Å². The van der Waals surface area contributed by atoms with E-state index in [0.29, 0.717) is 6.54 Å². The number of carbonyl (C=O) groups is 1. The number of sulfone groups is 1. The summed E-state index contributed by atoms with van der Waals surface area (Å²) in [6.45, 7) is 7.27. The monoisotopic (exact) mass is 314 g/mol. The summed E-state index contributed by atoms with van der Waals surface area (Å²) in [6, 6.07) is 2.76. The van der Waals surface area contributed by atoms with Crippen molar-refractivity contribution in [3.8, 4) is 0 Å². The fourth-order valence-corrected chi connectivity index (χ4v) is 2.76. The Bertz CT molecular complexity index is 656. The number of hydrogen-bond acceptors (Lipinski definition) is 3. The SMILES string of the molecule is C=C(C)CN(C)C(=O)Nc1ccc(F)cc1S(=O)(=O)CC. The van der Waals surface area contributed by atoms with Crippen molar-refractivity contribution in [2.24, 2.45) is 0 Å². The smallest absolute Gasteiger partial charge is 0.321 e. The van der Waals surface area contributed by atoms with Crippen LogP contribution in [0.5, 0.6) is 0 Å². The topological polar surface area (TPSA) is 66.5 Å². The molecule has 21 heavy (non-hydrogen) atoms. The number of benzene rings is 1. The van der Waals surface area contributed by atoms with Gasteiger partial charge in [-0.05, 0) is 25.1 Å². The summed E-state index contributed by atoms with van der Waals surface area (Å²) in [5.41, 5.74) is 0.852. The standard InChI is InChI=1S/C14H19FN2O3S/c1-5-21(19,20)13-8-11(15)6-7-12(13)16-14(18)17(4)9-10(2)3/h6-8H,2,5,9H2,1,3-4H3,(H,16,18). The molecule has 0 aromatic heterocycles. The van der Waals surface area contributed by atoms with Gasteiger partial charge in [-0.2, -0.15) is 0 Å². The molecular weight excluding hydrogens is 295 g/mol. The predicted octanol–water partition coefficient (Wildman–Crippen LogP) is 2.66. The fraction of sp³-hybridized carbons (Fsp3) is 0.357. The maximum Gasteiger partial charge on any atom is 0.321 e. The Morgan fingerprint density at radius 2 is 2.05 bits per heavy atom. The predicted molar refractivity (Wildman–Crippen MR) is 80.6 cm³/mol. The minimum Gasteiger partial charge on any atom is -0.324 e. The van der Waals surface area contributed by atoms with Gasteiger partial charge in [0.15, 0.2) is 9.84 Å². The number of nitrogens with zero attached hydrogens (tertiary/aromatic N) is 1. The molecule has 0 aliphatic heterocycles. The van der Waals surface area contributed by atoms with Gasteiger partial charge in [-0.1, -0.05) is 19.1 Å². The van der Waals surface area contributed by atoms with Crippen LogP contribution in [0.1, 0.15) is 13.8 Å². The van der Waals surface area contributed by atoms with E-state index in [9.17, 15) is 17.6 Å². The second kappa shape index (κ2) is 6.71. The van der Waals surface area contributed by atoms with Crippen LogP contribution in [0, 0.1) is 5.82 Å². The Kier molecular flexibility index (Phi) is 5.48. The molecule has 0 aliphatic carbocycles. The number of rotatable bonds is 5. The van der Waals surface area contributed by atoms with E-state index in [0.717, 1.165) is 17.7 Å². The molecule has 0 unspecified atom stereocenters. The molecule has 0 heterocycles. The Labute approximate surface area is 124 Å². The first kappa shape index (κ1) is 17.2. The highest BCUT2D eigenvalue weighted by molar-refractivity contribution is 7.91. The number of likely N-dealkylation sites (N-methyl/N-ethyl adjacent to an activating group) is 1. The van der Waals surface area contributed by atoms with Crippen LogP contribution in [0.4, 0.5) is 14.9 Å². The van der Waals surface area contributed by atoms with Gasteiger partial charge in [0, 0.05) is 13.6 Å². The van der Waals surface area contributed by atoms with E-state index in [2.05, 4.69) is 11.9 Å². The zero-order valence-corrected chi connectivity index (χ0v) is 13.1. The fourth-order valence-electron chi connectivity index (χ4n) is 1.70. The van der Waals surface area contributed by atoms with Crippen LogP contribution in [0.3, 0.4) is 0 Å². The average molecular weight is 314 g/mol. The molecule has 2 amide bonds. The van der Waals surface area contributed by atoms with E-state index in [4.69, 9.17) is 0 Å². The lowest BCUT2D eigenvalue weighted by atomic mass is 10.3. The highest BCUT2D eigenvalue weighted by atomic mass is 32.2. The maximum atomic E-state index is 13.3. The summed E-state index contributed by atoms with van der Waals surface area (Å²) < 4.78 is 37.2. The van der Waals surface area contributed by atoms with E-state index in [-0.39, 0.29) is 16.3 Å². The summed E-state index contributed by atoms with van der Waals surface area (Å²) >= 11 is 0. The first-order valence-corrected chi connectivity index (χ1v) is 8.01. The largest absolute Gasteiger partial charge is 0.324 e. The quantitative estimate of drug-likeness (QED) is 0.850. The van der Waals surface area contributed by atoms with Crippen molar-refractivity contribution < 1.29 is 17.6 Å².